The van der Waals surface area contributed by atoms with Crippen LogP contribution in [0.4, 0.5) is 18.0 Å². The predicted octanol–water partition coefficient (Wildman–Crippen LogP) is 1.68. The van der Waals surface area contributed by atoms with E-state index in [2.05, 4.69) is 10.3 Å². The zero-order valence-corrected chi connectivity index (χ0v) is 12.9. The fraction of sp³-hybridized carbons (Fsp3) is 0.846. The van der Waals surface area contributed by atoms with Crippen LogP contribution in [0.25, 0.3) is 0 Å². The summed E-state index contributed by atoms with van der Waals surface area (Å²) in [6.07, 6.45) is -5.50. The number of alkyl halides is 3. The Kier molecular flexibility index (Phi) is 7.26. The van der Waals surface area contributed by atoms with E-state index in [-0.39, 0.29) is 12.6 Å². The molecule has 0 atom stereocenters. The van der Waals surface area contributed by atoms with Gasteiger partial charge >= 0.3 is 12.3 Å². The highest BCUT2D eigenvalue weighted by Crippen LogP contribution is 2.19. The molecule has 1 aliphatic rings. The van der Waals surface area contributed by atoms with Crippen molar-refractivity contribution in [2.24, 2.45) is 4.99 Å². The molecule has 0 aromatic rings. The number of hydrogen-bond donors (Lipinski definition) is 1. The SMILES string of the molecule is CCNC(=NCCC(F)(F)F)N1CCN(C(=O)OCC)CC1. The summed E-state index contributed by atoms with van der Waals surface area (Å²) < 4.78 is 41.5. The summed E-state index contributed by atoms with van der Waals surface area (Å²) in [5, 5.41) is 2.98. The van der Waals surface area contributed by atoms with Crippen molar-refractivity contribution in [3.63, 3.8) is 0 Å². The number of nitrogens with zero attached hydrogens (tertiary/aromatic N) is 3. The quantitative estimate of drug-likeness (QED) is 0.631. The first-order chi connectivity index (χ1) is 10.4. The second kappa shape index (κ2) is 8.70. The lowest BCUT2D eigenvalue weighted by Gasteiger charge is -2.35. The van der Waals surface area contributed by atoms with Crippen LogP contribution < -0.4 is 5.32 Å². The van der Waals surface area contributed by atoms with Crippen LogP contribution in [0.3, 0.4) is 0 Å². The van der Waals surface area contributed by atoms with Crippen LogP contribution in [-0.2, 0) is 4.74 Å². The van der Waals surface area contributed by atoms with Crippen LogP contribution >= 0.6 is 0 Å². The summed E-state index contributed by atoms with van der Waals surface area (Å²) >= 11 is 0. The van der Waals surface area contributed by atoms with Gasteiger partial charge in [-0.3, -0.25) is 4.99 Å². The van der Waals surface area contributed by atoms with Crippen molar-refractivity contribution >= 4 is 12.1 Å². The second-order valence-electron chi connectivity index (χ2n) is 4.77. The second-order valence-corrected chi connectivity index (χ2v) is 4.77. The van der Waals surface area contributed by atoms with Crippen molar-refractivity contribution in [3.05, 3.63) is 0 Å². The molecule has 0 aromatic carbocycles. The molecule has 1 heterocycles. The van der Waals surface area contributed by atoms with E-state index in [9.17, 15) is 18.0 Å². The van der Waals surface area contributed by atoms with E-state index in [1.165, 1.54) is 0 Å². The standard InChI is InChI=1S/C13H23F3N4O2/c1-3-17-11(18-6-5-13(14,15)16)19-7-9-20(10-8-19)12(21)22-4-2/h3-10H2,1-2H3,(H,17,18). The Hall–Kier alpha value is -1.67. The van der Waals surface area contributed by atoms with Gasteiger partial charge in [0.25, 0.3) is 0 Å². The molecule has 0 aliphatic carbocycles. The van der Waals surface area contributed by atoms with Gasteiger partial charge in [-0.25, -0.2) is 4.79 Å². The predicted molar refractivity (Wildman–Crippen MR) is 76.8 cm³/mol. The molecule has 0 saturated carbocycles. The molecule has 1 fully saturated rings. The first kappa shape index (κ1) is 18.4. The number of rotatable bonds is 4. The number of guanidine groups is 1. The van der Waals surface area contributed by atoms with Gasteiger partial charge in [0.1, 0.15) is 0 Å². The van der Waals surface area contributed by atoms with E-state index in [4.69, 9.17) is 4.74 Å². The van der Waals surface area contributed by atoms with E-state index in [1.807, 2.05) is 11.8 Å². The van der Waals surface area contributed by atoms with Gasteiger partial charge in [-0.1, -0.05) is 0 Å². The minimum absolute atomic E-state index is 0.302. The fourth-order valence-corrected chi connectivity index (χ4v) is 2.03. The number of ether oxygens (including phenoxy) is 1. The number of amides is 1. The van der Waals surface area contributed by atoms with Gasteiger partial charge in [0.2, 0.25) is 0 Å². The summed E-state index contributed by atoms with van der Waals surface area (Å²) in [7, 11) is 0. The minimum atomic E-state index is -4.20. The molecule has 128 valence electrons. The van der Waals surface area contributed by atoms with E-state index in [1.54, 1.807) is 11.8 Å². The van der Waals surface area contributed by atoms with Gasteiger partial charge in [0.05, 0.1) is 19.6 Å². The van der Waals surface area contributed by atoms with Gasteiger partial charge in [-0.05, 0) is 13.8 Å². The molecular formula is C13H23F3N4O2. The Morgan fingerprint density at radius 1 is 1.18 bits per heavy atom. The zero-order valence-electron chi connectivity index (χ0n) is 12.9. The lowest BCUT2D eigenvalue weighted by molar-refractivity contribution is -0.132. The van der Waals surface area contributed by atoms with Crippen LogP contribution in [0.2, 0.25) is 0 Å². The lowest BCUT2D eigenvalue weighted by atomic mass is 10.3. The minimum Gasteiger partial charge on any atom is -0.450 e. The molecule has 1 rings (SSSR count). The molecule has 1 saturated heterocycles. The normalized spacial score (nSPS) is 16.7. The first-order valence-electron chi connectivity index (χ1n) is 7.39. The maximum absolute atomic E-state index is 12.2. The highest BCUT2D eigenvalue weighted by atomic mass is 19.4. The largest absolute Gasteiger partial charge is 0.450 e. The molecule has 6 nitrogen and oxygen atoms in total. The van der Waals surface area contributed by atoms with E-state index >= 15 is 0 Å². The molecule has 0 bridgehead atoms. The summed E-state index contributed by atoms with van der Waals surface area (Å²) in [5.41, 5.74) is 0. The number of nitrogens with one attached hydrogen (secondary N) is 1. The Morgan fingerprint density at radius 2 is 1.77 bits per heavy atom. The third-order valence-corrected chi connectivity index (χ3v) is 3.10. The van der Waals surface area contributed by atoms with E-state index in [0.29, 0.717) is 45.3 Å². The fourth-order valence-electron chi connectivity index (χ4n) is 2.03. The van der Waals surface area contributed by atoms with E-state index < -0.39 is 12.6 Å². The maximum Gasteiger partial charge on any atom is 0.409 e. The van der Waals surface area contributed by atoms with Gasteiger partial charge < -0.3 is 19.9 Å². The Bertz CT molecular complexity index is 380. The third-order valence-electron chi connectivity index (χ3n) is 3.10. The topological polar surface area (TPSA) is 57.2 Å². The third kappa shape index (κ3) is 6.40. The molecule has 22 heavy (non-hydrogen) atoms. The highest BCUT2D eigenvalue weighted by Gasteiger charge is 2.27. The highest BCUT2D eigenvalue weighted by molar-refractivity contribution is 5.80. The van der Waals surface area contributed by atoms with Crippen molar-refractivity contribution in [2.45, 2.75) is 26.4 Å². The van der Waals surface area contributed by atoms with Crippen molar-refractivity contribution in [1.29, 1.82) is 0 Å². The average Bonchev–Trinajstić information content (AvgIpc) is 2.45. The Labute approximate surface area is 128 Å². The Balaban J connectivity index is 2.52. The zero-order chi connectivity index (χ0) is 16.6. The van der Waals surface area contributed by atoms with Crippen molar-refractivity contribution in [2.75, 3.05) is 45.9 Å². The molecule has 0 aromatic heterocycles. The van der Waals surface area contributed by atoms with Crippen LogP contribution in [0.15, 0.2) is 4.99 Å². The summed E-state index contributed by atoms with van der Waals surface area (Å²) in [4.78, 5) is 19.0. The molecule has 0 spiro atoms. The number of aliphatic imine (C=N–C) groups is 1. The summed E-state index contributed by atoms with van der Waals surface area (Å²) in [6.45, 7) is 6.13. The maximum atomic E-state index is 12.2. The van der Waals surface area contributed by atoms with Gasteiger partial charge in [-0.2, -0.15) is 13.2 Å². The Morgan fingerprint density at radius 3 is 2.27 bits per heavy atom. The van der Waals surface area contributed by atoms with Crippen LogP contribution in [0.1, 0.15) is 20.3 Å². The van der Waals surface area contributed by atoms with Crippen LogP contribution in [0.5, 0.6) is 0 Å². The molecule has 9 heteroatoms. The van der Waals surface area contributed by atoms with Gasteiger partial charge in [0.15, 0.2) is 5.96 Å². The van der Waals surface area contributed by atoms with E-state index in [0.717, 1.165) is 0 Å². The number of piperazine rings is 1. The lowest BCUT2D eigenvalue weighted by Crippen LogP contribution is -2.54. The number of halogens is 3. The summed E-state index contributed by atoms with van der Waals surface area (Å²) in [5.74, 6) is 0.454. The molecule has 1 amide bonds. The van der Waals surface area contributed by atoms with Crippen molar-refractivity contribution < 1.29 is 22.7 Å². The number of hydrogen-bond acceptors (Lipinski definition) is 3. The van der Waals surface area contributed by atoms with Crippen molar-refractivity contribution in [1.82, 2.24) is 15.1 Å². The number of carbonyl (C=O) groups excluding carboxylic acids is 1. The van der Waals surface area contributed by atoms with Gasteiger partial charge in [0, 0.05) is 32.7 Å². The van der Waals surface area contributed by atoms with Crippen LogP contribution in [0, 0.1) is 0 Å². The monoisotopic (exact) mass is 324 g/mol. The molecule has 1 aliphatic heterocycles. The molecule has 0 radical (unpaired) electrons. The smallest absolute Gasteiger partial charge is 0.409 e. The summed E-state index contributed by atoms with van der Waals surface area (Å²) in [6, 6.07) is 0. The van der Waals surface area contributed by atoms with Crippen molar-refractivity contribution in [3.8, 4) is 0 Å². The molecule has 1 N–H and O–H groups in total. The number of carbonyl (C=O) groups is 1. The molecule has 0 unspecified atom stereocenters. The van der Waals surface area contributed by atoms with Crippen LogP contribution in [-0.4, -0.2) is 73.9 Å². The van der Waals surface area contributed by atoms with Gasteiger partial charge in [-0.15, -0.1) is 0 Å². The first-order valence-corrected chi connectivity index (χ1v) is 7.39. The average molecular weight is 324 g/mol. The molecular weight excluding hydrogens is 301 g/mol.